The Hall–Kier alpha value is -3.08. The van der Waals surface area contributed by atoms with Crippen molar-refractivity contribution in [1.82, 2.24) is 10.6 Å². The summed E-state index contributed by atoms with van der Waals surface area (Å²) in [6.45, 7) is 4.90. The first-order valence-electron chi connectivity index (χ1n) is 8.79. The number of anilines is 1. The summed E-state index contributed by atoms with van der Waals surface area (Å²) in [6, 6.07) is 15.6. The van der Waals surface area contributed by atoms with Crippen LogP contribution in [0.5, 0.6) is 0 Å². The van der Waals surface area contributed by atoms with Crippen molar-refractivity contribution in [3.8, 4) is 0 Å². The van der Waals surface area contributed by atoms with Crippen molar-refractivity contribution in [3.05, 3.63) is 71.8 Å². The fourth-order valence-corrected chi connectivity index (χ4v) is 3.05. The predicted octanol–water partition coefficient (Wildman–Crippen LogP) is 2.76. The number of hydrogen-bond donors (Lipinski definition) is 2. The molecule has 26 heavy (non-hydrogen) atoms. The minimum Gasteiger partial charge on any atom is -0.338 e. The summed E-state index contributed by atoms with van der Waals surface area (Å²) >= 11 is 0. The summed E-state index contributed by atoms with van der Waals surface area (Å²) in [5.41, 5.74) is 4.33. The van der Waals surface area contributed by atoms with Crippen LogP contribution < -0.4 is 15.5 Å². The van der Waals surface area contributed by atoms with Crippen molar-refractivity contribution in [3.63, 3.8) is 0 Å². The minimum absolute atomic E-state index is 0.00575. The Morgan fingerprint density at radius 2 is 1.85 bits per heavy atom. The Morgan fingerprint density at radius 3 is 2.62 bits per heavy atom. The van der Waals surface area contributed by atoms with Crippen LogP contribution in [0.4, 0.5) is 10.5 Å². The van der Waals surface area contributed by atoms with E-state index < -0.39 is 0 Å². The number of hydrogen-bond acceptors (Lipinski definition) is 2. The van der Waals surface area contributed by atoms with E-state index in [0.717, 1.165) is 29.7 Å². The second-order valence-corrected chi connectivity index (χ2v) is 6.23. The van der Waals surface area contributed by atoms with E-state index in [0.29, 0.717) is 13.1 Å². The molecule has 5 heteroatoms. The molecule has 3 rings (SSSR count). The summed E-state index contributed by atoms with van der Waals surface area (Å²) in [4.78, 5) is 26.0. The van der Waals surface area contributed by atoms with Crippen molar-refractivity contribution in [2.24, 2.45) is 0 Å². The molecule has 0 saturated heterocycles. The third-order valence-electron chi connectivity index (χ3n) is 4.50. The molecule has 5 nitrogen and oxygen atoms in total. The van der Waals surface area contributed by atoms with Gasteiger partial charge in [0.05, 0.1) is 6.54 Å². The van der Waals surface area contributed by atoms with Gasteiger partial charge in [-0.1, -0.05) is 55.1 Å². The van der Waals surface area contributed by atoms with E-state index in [4.69, 9.17) is 0 Å². The lowest BCUT2D eigenvalue weighted by atomic mass is 10.1. The molecular weight excluding hydrogens is 326 g/mol. The first-order chi connectivity index (χ1) is 12.7. The highest BCUT2D eigenvalue weighted by Gasteiger charge is 2.23. The number of amides is 3. The predicted molar refractivity (Wildman–Crippen MR) is 104 cm³/mol. The van der Waals surface area contributed by atoms with Gasteiger partial charge in [0, 0.05) is 18.8 Å². The number of urea groups is 1. The maximum atomic E-state index is 12.3. The van der Waals surface area contributed by atoms with Crippen LogP contribution in [0.3, 0.4) is 0 Å². The van der Waals surface area contributed by atoms with Gasteiger partial charge in [0.2, 0.25) is 5.91 Å². The van der Waals surface area contributed by atoms with Crippen LogP contribution in [0.1, 0.15) is 16.7 Å². The average Bonchev–Trinajstić information content (AvgIpc) is 3.11. The summed E-state index contributed by atoms with van der Waals surface area (Å²) in [6.07, 6.45) is 3.39. The molecule has 1 heterocycles. The largest absolute Gasteiger partial charge is 0.338 e. The van der Waals surface area contributed by atoms with Crippen molar-refractivity contribution in [2.75, 3.05) is 24.5 Å². The number of para-hydroxylation sites is 1. The lowest BCUT2D eigenvalue weighted by Gasteiger charge is -2.17. The second-order valence-electron chi connectivity index (χ2n) is 6.23. The number of carbonyl (C=O) groups is 2. The minimum atomic E-state index is -0.325. The summed E-state index contributed by atoms with van der Waals surface area (Å²) < 4.78 is 0. The fraction of sp³-hybridized carbons (Fsp3) is 0.238. The zero-order valence-electron chi connectivity index (χ0n) is 14.7. The average molecular weight is 349 g/mol. The van der Waals surface area contributed by atoms with E-state index in [1.54, 1.807) is 11.0 Å². The molecule has 0 aliphatic carbocycles. The van der Waals surface area contributed by atoms with Crippen LogP contribution in [0, 0.1) is 0 Å². The summed E-state index contributed by atoms with van der Waals surface area (Å²) in [5, 5.41) is 5.42. The monoisotopic (exact) mass is 349 g/mol. The number of benzene rings is 2. The molecule has 0 atom stereocenters. The Kier molecular flexibility index (Phi) is 5.69. The second kappa shape index (κ2) is 8.34. The topological polar surface area (TPSA) is 61.4 Å². The zero-order chi connectivity index (χ0) is 18.4. The number of nitrogens with one attached hydrogen (secondary N) is 2. The van der Waals surface area contributed by atoms with Crippen LogP contribution in [0.25, 0.3) is 6.08 Å². The van der Waals surface area contributed by atoms with Gasteiger partial charge in [-0.15, -0.1) is 0 Å². The van der Waals surface area contributed by atoms with Gasteiger partial charge in [0.25, 0.3) is 0 Å². The van der Waals surface area contributed by atoms with Gasteiger partial charge >= 0.3 is 6.03 Å². The Morgan fingerprint density at radius 1 is 1.08 bits per heavy atom. The first-order valence-corrected chi connectivity index (χ1v) is 8.79. The molecule has 1 aliphatic rings. The molecule has 0 fully saturated rings. The first kappa shape index (κ1) is 17.7. The third kappa shape index (κ3) is 4.30. The fourth-order valence-electron chi connectivity index (χ4n) is 3.05. The van der Waals surface area contributed by atoms with E-state index >= 15 is 0 Å². The van der Waals surface area contributed by atoms with Crippen molar-refractivity contribution in [1.29, 1.82) is 0 Å². The molecule has 0 unspecified atom stereocenters. The smallest absolute Gasteiger partial charge is 0.315 e. The van der Waals surface area contributed by atoms with Crippen molar-refractivity contribution < 1.29 is 9.59 Å². The van der Waals surface area contributed by atoms with E-state index in [9.17, 15) is 9.59 Å². The molecule has 0 bridgehead atoms. The standard InChI is InChI=1S/C21H23N3O2/c1-2-16-7-9-17(10-8-16)11-13-22-21(26)23-15-20(25)24-14-12-18-5-3-4-6-19(18)24/h2-10H,1,11-15H2,(H2,22,23,26). The molecule has 134 valence electrons. The number of nitrogens with zero attached hydrogens (tertiary/aromatic N) is 1. The zero-order valence-corrected chi connectivity index (χ0v) is 14.7. The SMILES string of the molecule is C=Cc1ccc(CCNC(=O)NCC(=O)N2CCc3ccccc32)cc1. The number of rotatable bonds is 6. The van der Waals surface area contributed by atoms with Gasteiger partial charge in [0.15, 0.2) is 0 Å². The van der Waals surface area contributed by atoms with Gasteiger partial charge in [-0.3, -0.25) is 4.79 Å². The van der Waals surface area contributed by atoms with E-state index in [2.05, 4.69) is 17.2 Å². The van der Waals surface area contributed by atoms with Crippen LogP contribution in [-0.4, -0.2) is 31.6 Å². The van der Waals surface area contributed by atoms with Gasteiger partial charge in [-0.2, -0.15) is 0 Å². The third-order valence-corrected chi connectivity index (χ3v) is 4.50. The maximum absolute atomic E-state index is 12.3. The molecule has 0 aromatic heterocycles. The van der Waals surface area contributed by atoms with Crippen molar-refractivity contribution in [2.45, 2.75) is 12.8 Å². The Bertz CT molecular complexity index is 799. The van der Waals surface area contributed by atoms with E-state index in [1.165, 1.54) is 5.56 Å². The van der Waals surface area contributed by atoms with Gasteiger partial charge in [-0.25, -0.2) is 4.79 Å². The normalized spacial score (nSPS) is 12.4. The number of carbonyl (C=O) groups excluding carboxylic acids is 2. The van der Waals surface area contributed by atoms with Crippen LogP contribution >= 0.6 is 0 Å². The van der Waals surface area contributed by atoms with Crippen LogP contribution in [0.15, 0.2) is 55.1 Å². The van der Waals surface area contributed by atoms with Crippen molar-refractivity contribution >= 4 is 23.7 Å². The molecule has 2 N–H and O–H groups in total. The van der Waals surface area contributed by atoms with Gasteiger partial charge in [0.1, 0.15) is 0 Å². The highest BCUT2D eigenvalue weighted by atomic mass is 16.2. The van der Waals surface area contributed by atoms with Gasteiger partial charge in [-0.05, 0) is 35.6 Å². The molecule has 2 aromatic rings. The molecule has 3 amide bonds. The summed E-state index contributed by atoms with van der Waals surface area (Å²) in [5.74, 6) is -0.0925. The number of fused-ring (bicyclic) bond motifs is 1. The lowest BCUT2D eigenvalue weighted by Crippen LogP contribution is -2.43. The van der Waals surface area contributed by atoms with Crippen LogP contribution in [-0.2, 0) is 17.6 Å². The molecular formula is C21H23N3O2. The molecule has 2 aromatic carbocycles. The molecule has 0 spiro atoms. The lowest BCUT2D eigenvalue weighted by molar-refractivity contribution is -0.117. The Balaban J connectivity index is 1.40. The van der Waals surface area contributed by atoms with Gasteiger partial charge < -0.3 is 15.5 Å². The summed E-state index contributed by atoms with van der Waals surface area (Å²) in [7, 11) is 0. The molecule has 1 aliphatic heterocycles. The van der Waals surface area contributed by atoms with Crippen LogP contribution in [0.2, 0.25) is 0 Å². The highest BCUT2D eigenvalue weighted by Crippen LogP contribution is 2.27. The van der Waals surface area contributed by atoms with E-state index in [1.807, 2.05) is 48.5 Å². The highest BCUT2D eigenvalue weighted by molar-refractivity contribution is 5.98. The molecule has 0 saturated carbocycles. The quantitative estimate of drug-likeness (QED) is 0.842. The van der Waals surface area contributed by atoms with E-state index in [-0.39, 0.29) is 18.5 Å². The molecule has 0 radical (unpaired) electrons. The maximum Gasteiger partial charge on any atom is 0.315 e. The Labute approximate surface area is 153 Å².